The van der Waals surface area contributed by atoms with E-state index in [0.29, 0.717) is 5.56 Å². The van der Waals surface area contributed by atoms with Gasteiger partial charge < -0.3 is 9.84 Å². The number of halogens is 3. The third kappa shape index (κ3) is 7.05. The van der Waals surface area contributed by atoms with Crippen LogP contribution in [0.1, 0.15) is 18.6 Å². The minimum Gasteiger partial charge on any atom is -0.468 e. The normalized spacial score (nSPS) is 15.4. The second kappa shape index (κ2) is 7.25. The maximum absolute atomic E-state index is 12.0. The maximum atomic E-state index is 12.0. The molecular formula is C12H16F3NO5S. The number of hydrogen-bond acceptors (Lipinski definition) is 6. The highest BCUT2D eigenvalue weighted by atomic mass is 32.2. The van der Waals surface area contributed by atoms with Crippen LogP contribution in [0, 0.1) is 5.92 Å². The summed E-state index contributed by atoms with van der Waals surface area (Å²) < 4.78 is 66.7. The maximum Gasteiger partial charge on any atom is 0.422 e. The molecule has 22 heavy (non-hydrogen) atoms. The predicted octanol–water partition coefficient (Wildman–Crippen LogP) is 1.67. The molecule has 0 radical (unpaired) electrons. The highest BCUT2D eigenvalue weighted by Crippen LogP contribution is 2.24. The molecule has 1 unspecified atom stereocenters. The van der Waals surface area contributed by atoms with Crippen molar-refractivity contribution in [1.29, 1.82) is 0 Å². The van der Waals surface area contributed by atoms with Gasteiger partial charge in [-0.1, -0.05) is 6.92 Å². The van der Waals surface area contributed by atoms with Crippen LogP contribution in [0.25, 0.3) is 0 Å². The molecule has 0 aliphatic carbocycles. The van der Waals surface area contributed by atoms with Crippen LogP contribution in [0.4, 0.5) is 13.2 Å². The lowest BCUT2D eigenvalue weighted by molar-refractivity contribution is -0.154. The largest absolute Gasteiger partial charge is 0.468 e. The molecule has 0 saturated heterocycles. The van der Waals surface area contributed by atoms with E-state index in [-0.39, 0.29) is 12.5 Å². The van der Waals surface area contributed by atoms with E-state index in [1.807, 2.05) is 0 Å². The minimum atomic E-state index is -4.46. The molecule has 0 bridgehead atoms. The lowest BCUT2D eigenvalue weighted by Crippen LogP contribution is -2.20. The van der Waals surface area contributed by atoms with Gasteiger partial charge in [0.1, 0.15) is 0 Å². The van der Waals surface area contributed by atoms with Crippen LogP contribution in [0.5, 0.6) is 5.88 Å². The molecule has 0 amide bonds. The fourth-order valence-electron chi connectivity index (χ4n) is 1.46. The summed E-state index contributed by atoms with van der Waals surface area (Å²) in [6.07, 6.45) is -3.49. The first kappa shape index (κ1) is 18.7. The fraction of sp³-hybridized carbons (Fsp3) is 0.583. The predicted molar refractivity (Wildman–Crippen MR) is 70.7 cm³/mol. The molecule has 2 atom stereocenters. The first-order valence-corrected chi connectivity index (χ1v) is 7.97. The van der Waals surface area contributed by atoms with Gasteiger partial charge in [-0.15, -0.1) is 0 Å². The highest BCUT2D eigenvalue weighted by molar-refractivity contribution is 7.85. The van der Waals surface area contributed by atoms with Gasteiger partial charge in [-0.3, -0.25) is 4.18 Å². The molecule has 10 heteroatoms. The summed E-state index contributed by atoms with van der Waals surface area (Å²) in [5.74, 6) is -0.785. The summed E-state index contributed by atoms with van der Waals surface area (Å²) in [5.41, 5.74) is 0.309. The Labute approximate surface area is 126 Å². The van der Waals surface area contributed by atoms with E-state index in [1.54, 1.807) is 6.92 Å². The molecule has 0 saturated carbocycles. The van der Waals surface area contributed by atoms with Gasteiger partial charge in [-0.05, 0) is 11.6 Å². The number of alkyl halides is 3. The second-order valence-electron chi connectivity index (χ2n) is 4.74. The Hall–Kier alpha value is -1.39. The Kier molecular flexibility index (Phi) is 6.15. The molecule has 1 heterocycles. The molecule has 126 valence electrons. The third-order valence-corrected chi connectivity index (χ3v) is 3.13. The molecule has 1 N–H and O–H groups in total. The van der Waals surface area contributed by atoms with E-state index in [0.717, 1.165) is 12.5 Å². The van der Waals surface area contributed by atoms with E-state index in [9.17, 15) is 26.7 Å². The highest BCUT2D eigenvalue weighted by Gasteiger charge is 2.28. The first-order valence-electron chi connectivity index (χ1n) is 6.16. The molecule has 1 aromatic rings. The Morgan fingerprint density at radius 1 is 1.36 bits per heavy atom. The Bertz CT molecular complexity index is 573. The van der Waals surface area contributed by atoms with E-state index in [4.69, 9.17) is 0 Å². The minimum absolute atomic E-state index is 0.228. The molecule has 1 rings (SSSR count). The average Bonchev–Trinajstić information content (AvgIpc) is 2.40. The first-order chi connectivity index (χ1) is 9.98. The lowest BCUT2D eigenvalue weighted by atomic mass is 10.00. The number of rotatable bonds is 7. The van der Waals surface area contributed by atoms with Crippen molar-refractivity contribution < 1.29 is 35.6 Å². The lowest BCUT2D eigenvalue weighted by Gasteiger charge is -2.18. The van der Waals surface area contributed by atoms with Gasteiger partial charge in [-0.2, -0.15) is 21.6 Å². The van der Waals surface area contributed by atoms with Crippen LogP contribution in [-0.2, 0) is 14.3 Å². The van der Waals surface area contributed by atoms with Crippen molar-refractivity contribution in [3.05, 3.63) is 23.9 Å². The van der Waals surface area contributed by atoms with Crippen LogP contribution in [0.3, 0.4) is 0 Å². The van der Waals surface area contributed by atoms with Crippen LogP contribution < -0.4 is 4.74 Å². The van der Waals surface area contributed by atoms with Crippen molar-refractivity contribution in [3.63, 3.8) is 0 Å². The summed E-state index contributed by atoms with van der Waals surface area (Å²) >= 11 is 0. The Morgan fingerprint density at radius 3 is 2.45 bits per heavy atom. The number of aromatic nitrogens is 1. The zero-order valence-corrected chi connectivity index (χ0v) is 12.7. The average molecular weight is 343 g/mol. The summed E-state index contributed by atoms with van der Waals surface area (Å²) in [6, 6.07) is 2.54. The number of aliphatic hydroxyl groups excluding tert-OH is 1. The van der Waals surface area contributed by atoms with E-state index >= 15 is 0 Å². The van der Waals surface area contributed by atoms with Gasteiger partial charge in [-0.25, -0.2) is 4.98 Å². The van der Waals surface area contributed by atoms with E-state index in [2.05, 4.69) is 13.9 Å². The van der Waals surface area contributed by atoms with Crippen LogP contribution in [-0.4, -0.2) is 44.2 Å². The molecular weight excluding hydrogens is 327 g/mol. The number of aliphatic hydroxyl groups is 1. The summed E-state index contributed by atoms with van der Waals surface area (Å²) in [5, 5.41) is 10.0. The summed E-state index contributed by atoms with van der Waals surface area (Å²) in [7, 11) is -3.62. The topological polar surface area (TPSA) is 85.7 Å². The zero-order valence-electron chi connectivity index (χ0n) is 11.9. The van der Waals surface area contributed by atoms with Crippen molar-refractivity contribution in [2.24, 2.45) is 5.92 Å². The van der Waals surface area contributed by atoms with Crippen LogP contribution in [0.2, 0.25) is 0 Å². The Morgan fingerprint density at radius 2 is 2.00 bits per heavy atom. The smallest absolute Gasteiger partial charge is 0.422 e. The third-order valence-electron chi connectivity index (χ3n) is 2.57. The van der Waals surface area contributed by atoms with Gasteiger partial charge in [0.15, 0.2) is 6.61 Å². The second-order valence-corrected chi connectivity index (χ2v) is 6.39. The molecule has 0 spiro atoms. The van der Waals surface area contributed by atoms with Crippen molar-refractivity contribution >= 4 is 10.1 Å². The summed E-state index contributed by atoms with van der Waals surface area (Å²) in [6.45, 7) is -0.128. The van der Waals surface area contributed by atoms with Crippen molar-refractivity contribution in [1.82, 2.24) is 4.98 Å². The van der Waals surface area contributed by atoms with Gasteiger partial charge in [0, 0.05) is 18.2 Å². The van der Waals surface area contributed by atoms with Crippen LogP contribution in [0.15, 0.2) is 18.3 Å². The number of nitrogens with zero attached hydrogens (tertiary/aromatic N) is 1. The van der Waals surface area contributed by atoms with Gasteiger partial charge >= 0.3 is 6.18 Å². The standard InChI is InChI=1S/C12H16F3NO5S/c1-8(6-21-22(2,18)19)11(17)9-3-4-10(16-5-9)20-7-12(13,14)15/h3-5,8,11,17H,6-7H2,1-2H3/t8-,11?/m1/s1. The van der Waals surface area contributed by atoms with Crippen molar-refractivity contribution in [3.8, 4) is 5.88 Å². The van der Waals surface area contributed by atoms with Gasteiger partial charge in [0.05, 0.1) is 19.0 Å². The van der Waals surface area contributed by atoms with Gasteiger partial charge in [0.2, 0.25) is 5.88 Å². The molecule has 0 fully saturated rings. The van der Waals surface area contributed by atoms with E-state index < -0.39 is 34.9 Å². The fourth-order valence-corrected chi connectivity index (χ4v) is 1.92. The molecule has 1 aromatic heterocycles. The van der Waals surface area contributed by atoms with E-state index in [1.165, 1.54) is 12.1 Å². The zero-order chi connectivity index (χ0) is 17.0. The molecule has 0 aromatic carbocycles. The number of hydrogen-bond donors (Lipinski definition) is 1. The number of pyridine rings is 1. The van der Waals surface area contributed by atoms with Gasteiger partial charge in [0.25, 0.3) is 10.1 Å². The van der Waals surface area contributed by atoms with Crippen molar-refractivity contribution in [2.75, 3.05) is 19.5 Å². The molecule has 6 nitrogen and oxygen atoms in total. The number of ether oxygens (including phenoxy) is 1. The molecule has 0 aliphatic heterocycles. The Balaban J connectivity index is 2.61. The van der Waals surface area contributed by atoms with Crippen molar-refractivity contribution in [2.45, 2.75) is 19.2 Å². The monoisotopic (exact) mass is 343 g/mol. The SMILES string of the molecule is C[C@H](COS(C)(=O)=O)C(O)c1ccc(OCC(F)(F)F)nc1. The molecule has 0 aliphatic rings. The van der Waals surface area contributed by atoms with Crippen LogP contribution >= 0.6 is 0 Å². The quantitative estimate of drug-likeness (QED) is 0.758. The summed E-state index contributed by atoms with van der Waals surface area (Å²) in [4.78, 5) is 3.65.